The van der Waals surface area contributed by atoms with Gasteiger partial charge in [-0.15, -0.1) is 33.6 Å². The number of nitrogens with one attached hydrogen (secondary N) is 2. The lowest BCUT2D eigenvalue weighted by Crippen LogP contribution is -2.35. The smallest absolute Gasteiger partial charge is 0.406 e. The van der Waals surface area contributed by atoms with Crippen molar-refractivity contribution in [1.82, 2.24) is 20.4 Å². The minimum absolute atomic E-state index is 0.0425. The van der Waals surface area contributed by atoms with Gasteiger partial charge in [-0.2, -0.15) is 0 Å². The Kier molecular flexibility index (Phi) is 9.96. The zero-order chi connectivity index (χ0) is 30.1. The van der Waals surface area contributed by atoms with Crippen molar-refractivity contribution in [3.8, 4) is 5.75 Å². The maximum Gasteiger partial charge on any atom is 0.573 e. The number of anilines is 3. The molecule has 2 amide bonds. The summed E-state index contributed by atoms with van der Waals surface area (Å²) in [5.41, 5.74) is 0.840. The topological polar surface area (TPSA) is 135 Å². The highest BCUT2D eigenvalue weighted by atomic mass is 32.1. The lowest BCUT2D eigenvalue weighted by molar-refractivity contribution is -0.274. The van der Waals surface area contributed by atoms with E-state index in [1.807, 2.05) is 0 Å². The molecule has 0 aliphatic carbocycles. The van der Waals surface area contributed by atoms with E-state index < -0.39 is 18.0 Å². The van der Waals surface area contributed by atoms with Crippen LogP contribution >= 0.6 is 11.3 Å². The van der Waals surface area contributed by atoms with Gasteiger partial charge in [-0.05, 0) is 48.7 Å². The van der Waals surface area contributed by atoms with E-state index in [9.17, 15) is 22.8 Å². The maximum atomic E-state index is 12.5. The first-order valence-corrected chi connectivity index (χ1v) is 13.6. The fraction of sp³-hybridized carbons (Fsp3) is 0.296. The van der Waals surface area contributed by atoms with Gasteiger partial charge in [-0.1, -0.05) is 36.6 Å². The summed E-state index contributed by atoms with van der Waals surface area (Å²) in [6.07, 6.45) is -0.337. The van der Waals surface area contributed by atoms with Gasteiger partial charge < -0.3 is 20.3 Å². The average Bonchev–Trinajstić information content (AvgIpc) is 3.41. The van der Waals surface area contributed by atoms with Crippen LogP contribution in [0, 0.1) is 0 Å². The second-order valence-electron chi connectivity index (χ2n) is 9.16. The SMILES string of the molecule is C=CN=C(C=C)CC(=O)Nc1nnc(C2CCCN(c3ccc(NC(=O)Cc4cccc(OC(F)(F)F)c4)nn3)C2)s1. The number of rotatable bonds is 11. The first kappa shape index (κ1) is 30.3. The summed E-state index contributed by atoms with van der Waals surface area (Å²) in [7, 11) is 0. The van der Waals surface area contributed by atoms with Crippen LogP contribution in [0.5, 0.6) is 5.75 Å². The number of hydrogen-bond acceptors (Lipinski definition) is 10. The van der Waals surface area contributed by atoms with E-state index in [0.29, 0.717) is 28.8 Å². The molecule has 0 bridgehead atoms. The van der Waals surface area contributed by atoms with Crippen molar-refractivity contribution >= 4 is 45.6 Å². The quantitative estimate of drug-likeness (QED) is 0.297. The molecule has 1 aliphatic heterocycles. The molecule has 0 radical (unpaired) electrons. The maximum absolute atomic E-state index is 12.5. The molecule has 2 aromatic heterocycles. The highest BCUT2D eigenvalue weighted by Gasteiger charge is 2.31. The summed E-state index contributed by atoms with van der Waals surface area (Å²) in [5.74, 6) is -0.246. The van der Waals surface area contributed by atoms with Crippen LogP contribution < -0.4 is 20.3 Å². The number of benzene rings is 1. The van der Waals surface area contributed by atoms with Gasteiger partial charge in [-0.3, -0.25) is 14.6 Å². The Bertz CT molecular complexity index is 1460. The van der Waals surface area contributed by atoms with Gasteiger partial charge in [0.25, 0.3) is 0 Å². The number of hydrogen-bond donors (Lipinski definition) is 2. The Labute approximate surface area is 243 Å². The Morgan fingerprint density at radius 1 is 1.12 bits per heavy atom. The van der Waals surface area contributed by atoms with Crippen LogP contribution in [0.2, 0.25) is 0 Å². The number of aromatic nitrogens is 4. The molecule has 11 nitrogen and oxygen atoms in total. The summed E-state index contributed by atoms with van der Waals surface area (Å²) in [5, 5.41) is 23.2. The second kappa shape index (κ2) is 13.8. The number of halogens is 3. The van der Waals surface area contributed by atoms with Gasteiger partial charge in [0.1, 0.15) is 10.8 Å². The first-order chi connectivity index (χ1) is 20.1. The van der Waals surface area contributed by atoms with Crippen LogP contribution in [0.15, 0.2) is 66.8 Å². The van der Waals surface area contributed by atoms with Crippen molar-refractivity contribution in [2.45, 2.75) is 38.0 Å². The van der Waals surface area contributed by atoms with E-state index in [-0.39, 0.29) is 30.5 Å². The van der Waals surface area contributed by atoms with Crippen LogP contribution in [0.3, 0.4) is 0 Å². The molecule has 3 aromatic rings. The zero-order valence-corrected chi connectivity index (χ0v) is 23.1. The van der Waals surface area contributed by atoms with Gasteiger partial charge in [-0.25, -0.2) is 0 Å². The van der Waals surface area contributed by atoms with Gasteiger partial charge >= 0.3 is 6.36 Å². The summed E-state index contributed by atoms with van der Waals surface area (Å²) < 4.78 is 41.3. The Morgan fingerprint density at radius 2 is 1.95 bits per heavy atom. The van der Waals surface area contributed by atoms with Crippen molar-refractivity contribution in [2.24, 2.45) is 4.99 Å². The van der Waals surface area contributed by atoms with E-state index in [0.717, 1.165) is 36.5 Å². The third-order valence-corrected chi connectivity index (χ3v) is 7.03. The summed E-state index contributed by atoms with van der Waals surface area (Å²) in [6.45, 7) is 8.52. The highest BCUT2D eigenvalue weighted by Crippen LogP contribution is 2.32. The van der Waals surface area contributed by atoms with Gasteiger partial charge in [0.15, 0.2) is 11.6 Å². The number of carbonyl (C=O) groups excluding carboxylic acids is 2. The molecule has 220 valence electrons. The van der Waals surface area contributed by atoms with Crippen LogP contribution in [0.4, 0.5) is 29.9 Å². The van der Waals surface area contributed by atoms with E-state index >= 15 is 0 Å². The third-order valence-electron chi connectivity index (χ3n) is 6.03. The standard InChI is InChI=1S/C27H27F3N8O3S/c1-3-19(31-4-2)15-24(40)33-26-37-36-25(42-26)18-8-6-12-38(16-18)22-11-10-21(34-35-22)32-23(39)14-17-7-5-9-20(13-17)41-27(28,29)30/h3-5,7,9-11,13,18H,1-2,6,8,12,14-16H2,(H,32,34,39)(H,33,37,40). The normalized spacial score (nSPS) is 15.5. The predicted molar refractivity (Wildman–Crippen MR) is 153 cm³/mol. The summed E-state index contributed by atoms with van der Waals surface area (Å²) in [4.78, 5) is 30.8. The molecule has 1 unspecified atom stereocenters. The molecule has 4 rings (SSSR count). The molecule has 15 heteroatoms. The number of ether oxygens (including phenoxy) is 1. The summed E-state index contributed by atoms with van der Waals surface area (Å²) >= 11 is 1.31. The predicted octanol–water partition coefficient (Wildman–Crippen LogP) is 4.89. The number of carbonyl (C=O) groups is 2. The van der Waals surface area contributed by atoms with Gasteiger partial charge in [0.2, 0.25) is 16.9 Å². The number of alkyl halides is 3. The lowest BCUT2D eigenvalue weighted by Gasteiger charge is -2.32. The molecule has 1 saturated heterocycles. The number of nitrogens with zero attached hydrogens (tertiary/aromatic N) is 6. The van der Waals surface area contributed by atoms with Crippen molar-refractivity contribution < 1.29 is 27.5 Å². The van der Waals surface area contributed by atoms with E-state index in [1.165, 1.54) is 35.7 Å². The molecular formula is C27H27F3N8O3S. The van der Waals surface area contributed by atoms with E-state index in [1.54, 1.807) is 12.1 Å². The van der Waals surface area contributed by atoms with Crippen molar-refractivity contribution in [1.29, 1.82) is 0 Å². The largest absolute Gasteiger partial charge is 0.573 e. The highest BCUT2D eigenvalue weighted by molar-refractivity contribution is 7.15. The Balaban J connectivity index is 1.30. The van der Waals surface area contributed by atoms with Crippen molar-refractivity contribution in [3.05, 3.63) is 72.4 Å². The van der Waals surface area contributed by atoms with Crippen LogP contribution in [-0.4, -0.2) is 57.4 Å². The Hall–Kier alpha value is -4.66. The van der Waals surface area contributed by atoms with Gasteiger partial charge in [0.05, 0.1) is 12.8 Å². The van der Waals surface area contributed by atoms with Crippen LogP contribution in [0.1, 0.15) is 35.8 Å². The zero-order valence-electron chi connectivity index (χ0n) is 22.3. The molecule has 1 aliphatic rings. The third kappa shape index (κ3) is 8.92. The number of allylic oxidation sites excluding steroid dienone is 1. The molecule has 3 heterocycles. The molecule has 1 atom stereocenters. The average molecular weight is 601 g/mol. The lowest BCUT2D eigenvalue weighted by atomic mass is 9.99. The number of piperidine rings is 1. The molecule has 0 saturated carbocycles. The second-order valence-corrected chi connectivity index (χ2v) is 10.2. The fourth-order valence-electron chi connectivity index (χ4n) is 4.24. The molecule has 42 heavy (non-hydrogen) atoms. The van der Waals surface area contributed by atoms with E-state index in [4.69, 9.17) is 0 Å². The molecule has 2 N–H and O–H groups in total. The van der Waals surface area contributed by atoms with Crippen LogP contribution in [0.25, 0.3) is 0 Å². The molecule has 0 spiro atoms. The Morgan fingerprint density at radius 3 is 2.67 bits per heavy atom. The number of aliphatic imine (C=N–C) groups is 1. The molecule has 1 aromatic carbocycles. The van der Waals surface area contributed by atoms with Crippen molar-refractivity contribution in [3.63, 3.8) is 0 Å². The minimum Gasteiger partial charge on any atom is -0.406 e. The molecule has 1 fully saturated rings. The van der Waals surface area contributed by atoms with Crippen LogP contribution in [-0.2, 0) is 16.0 Å². The monoisotopic (exact) mass is 600 g/mol. The number of amides is 2. The summed E-state index contributed by atoms with van der Waals surface area (Å²) in [6, 6.07) is 8.56. The fourth-order valence-corrected chi connectivity index (χ4v) is 5.12. The molecular weight excluding hydrogens is 573 g/mol. The van der Waals surface area contributed by atoms with Gasteiger partial charge in [0, 0.05) is 30.9 Å². The first-order valence-electron chi connectivity index (χ1n) is 12.8. The van der Waals surface area contributed by atoms with Crippen molar-refractivity contribution in [2.75, 3.05) is 28.6 Å². The van der Waals surface area contributed by atoms with E-state index in [2.05, 4.69) is 58.8 Å². The minimum atomic E-state index is -4.82.